The van der Waals surface area contributed by atoms with Crippen LogP contribution in [0, 0.1) is 0 Å². The zero-order valence-corrected chi connectivity index (χ0v) is 21.1. The van der Waals surface area contributed by atoms with Gasteiger partial charge in [0.15, 0.2) is 0 Å². The maximum absolute atomic E-state index is 8.65. The molecule has 0 aromatic carbocycles. The van der Waals surface area contributed by atoms with Crippen molar-refractivity contribution in [2.45, 2.75) is 0 Å². The van der Waals surface area contributed by atoms with Crippen LogP contribution in [-0.4, -0.2) is 0 Å². The van der Waals surface area contributed by atoms with Gasteiger partial charge in [0.2, 0.25) is 0 Å². The van der Waals surface area contributed by atoms with Gasteiger partial charge in [-0.05, 0) is 0 Å². The normalized spacial score (nSPS) is 6.22. The van der Waals surface area contributed by atoms with Crippen LogP contribution in [0.2, 0.25) is 0 Å². The first kappa shape index (κ1) is 29.6. The molecule has 4 nitrogen and oxygen atoms in total. The molecule has 0 fully saturated rings. The Balaban J connectivity index is -0.0000000133. The second-order valence-corrected chi connectivity index (χ2v) is 2.96. The summed E-state index contributed by atoms with van der Waals surface area (Å²) in [5.41, 5.74) is 0. The summed E-state index contributed by atoms with van der Waals surface area (Å²) in [7, 11) is 0. The van der Waals surface area contributed by atoms with Gasteiger partial charge in [-0.15, -0.1) is 0 Å². The van der Waals surface area contributed by atoms with Gasteiger partial charge < -0.3 is 0 Å². The van der Waals surface area contributed by atoms with Crippen molar-refractivity contribution in [3.63, 3.8) is 0 Å². The van der Waals surface area contributed by atoms with E-state index in [-0.39, 0.29) is 206 Å². The van der Waals surface area contributed by atoms with Crippen LogP contribution < -0.4 is 206 Å². The predicted octanol–water partition coefficient (Wildman–Crippen LogP) is -12.5. The van der Waals surface area contributed by atoms with Crippen LogP contribution in [0.3, 0.4) is 0 Å². The van der Waals surface area contributed by atoms with Crippen LogP contribution in [0.5, 0.6) is 0 Å². The SMILES string of the molecule is [K+].[K+].[K+].[K+].[O]=[Zr-4](=[O])(=[O])=[O]. The maximum atomic E-state index is 8.65. The third-order valence-corrected chi connectivity index (χ3v) is 0. The summed E-state index contributed by atoms with van der Waals surface area (Å²) >= 11 is -6.18. The van der Waals surface area contributed by atoms with Crippen molar-refractivity contribution in [2.75, 3.05) is 0 Å². The molecule has 0 rings (SSSR count). The fourth-order valence-electron chi connectivity index (χ4n) is 0. The van der Waals surface area contributed by atoms with Crippen molar-refractivity contribution >= 4 is 0 Å². The zero-order valence-electron chi connectivity index (χ0n) is 6.13. The van der Waals surface area contributed by atoms with Gasteiger partial charge >= 0.3 is 237 Å². The summed E-state index contributed by atoms with van der Waals surface area (Å²) < 4.78 is 34.6. The Morgan fingerprint density at radius 3 is 0.556 bits per heavy atom. The van der Waals surface area contributed by atoms with Gasteiger partial charge in [-0.1, -0.05) is 0 Å². The monoisotopic (exact) mass is 310 g/mol. The van der Waals surface area contributed by atoms with Crippen LogP contribution in [0.1, 0.15) is 0 Å². The number of hydrogen-bond acceptors (Lipinski definition) is 4. The van der Waals surface area contributed by atoms with Crippen molar-refractivity contribution in [2.24, 2.45) is 0 Å². The van der Waals surface area contributed by atoms with Crippen LogP contribution in [0.15, 0.2) is 0 Å². The molecule has 0 aromatic rings. The molecular formula is K4O4Zr. The molecule has 9 heavy (non-hydrogen) atoms. The first-order valence-corrected chi connectivity index (χ1v) is 4.83. The van der Waals surface area contributed by atoms with E-state index in [0.29, 0.717) is 0 Å². The van der Waals surface area contributed by atoms with Crippen molar-refractivity contribution in [3.8, 4) is 0 Å². The van der Waals surface area contributed by atoms with Crippen LogP contribution >= 0.6 is 0 Å². The fourth-order valence-corrected chi connectivity index (χ4v) is 0. The second kappa shape index (κ2) is 17.0. The van der Waals surface area contributed by atoms with E-state index in [1.54, 1.807) is 0 Å². The molecule has 0 bridgehead atoms. The summed E-state index contributed by atoms with van der Waals surface area (Å²) in [6, 6.07) is 0. The molecule has 9 heteroatoms. The molecule has 0 amide bonds. The Labute approximate surface area is 228 Å². The Morgan fingerprint density at radius 1 is 0.556 bits per heavy atom. The Hall–Kier alpha value is 6.63. The number of hydrogen-bond donors (Lipinski definition) is 0. The third kappa shape index (κ3) is 53.1. The topological polar surface area (TPSA) is 68.3 Å². The molecule has 0 aliphatic carbocycles. The van der Waals surface area contributed by atoms with E-state index >= 15 is 0 Å². The van der Waals surface area contributed by atoms with Gasteiger partial charge in [-0.25, -0.2) is 0 Å². The fraction of sp³-hybridized carbons (Fsp3) is 0. The van der Waals surface area contributed by atoms with Gasteiger partial charge in [0, 0.05) is 0 Å². The third-order valence-electron chi connectivity index (χ3n) is 0. The molecule has 32 valence electrons. The molecule has 0 atom stereocenters. The Kier molecular flexibility index (Phi) is 56.0. The molecule has 0 radical (unpaired) electrons. The Morgan fingerprint density at radius 2 is 0.556 bits per heavy atom. The first-order chi connectivity index (χ1) is 2.00. The van der Waals surface area contributed by atoms with E-state index in [4.69, 9.17) is 11.3 Å². The van der Waals surface area contributed by atoms with E-state index < -0.39 is 20.3 Å². The molecule has 0 unspecified atom stereocenters. The van der Waals surface area contributed by atoms with Gasteiger partial charge in [0.05, 0.1) is 0 Å². The van der Waals surface area contributed by atoms with Crippen molar-refractivity contribution in [1.29, 1.82) is 0 Å². The molecule has 0 spiro atoms. The van der Waals surface area contributed by atoms with Crippen LogP contribution in [-0.2, 0) is 31.5 Å². The van der Waals surface area contributed by atoms with E-state index in [9.17, 15) is 0 Å². The van der Waals surface area contributed by atoms with Crippen molar-refractivity contribution < 1.29 is 237 Å². The minimum absolute atomic E-state index is 0. The molecule has 0 N–H and O–H groups in total. The van der Waals surface area contributed by atoms with Gasteiger partial charge in [-0.2, -0.15) is 0 Å². The molecule has 0 aliphatic heterocycles. The van der Waals surface area contributed by atoms with E-state index in [2.05, 4.69) is 0 Å². The molecule has 0 saturated carbocycles. The summed E-state index contributed by atoms with van der Waals surface area (Å²) in [5, 5.41) is 0. The van der Waals surface area contributed by atoms with E-state index in [0.717, 1.165) is 0 Å². The van der Waals surface area contributed by atoms with Crippen molar-refractivity contribution in [1.82, 2.24) is 0 Å². The zero-order chi connectivity index (χ0) is 4.50. The number of rotatable bonds is 0. The van der Waals surface area contributed by atoms with E-state index in [1.807, 2.05) is 0 Å². The second-order valence-electron chi connectivity index (χ2n) is 0.500. The summed E-state index contributed by atoms with van der Waals surface area (Å²) in [6.07, 6.45) is 0. The van der Waals surface area contributed by atoms with Crippen LogP contribution in [0.25, 0.3) is 0 Å². The molecule has 0 aliphatic rings. The van der Waals surface area contributed by atoms with Gasteiger partial charge in [0.1, 0.15) is 0 Å². The summed E-state index contributed by atoms with van der Waals surface area (Å²) in [5.74, 6) is 0. The van der Waals surface area contributed by atoms with Crippen LogP contribution in [0.4, 0.5) is 0 Å². The average Bonchev–Trinajstić information content (AvgIpc) is 0.722. The standard InChI is InChI=1S/4K.4O.Zr/q4*+1;;;;;-4. The van der Waals surface area contributed by atoms with Crippen molar-refractivity contribution in [3.05, 3.63) is 0 Å². The Bertz CT molecular complexity index is 164. The molecule has 0 saturated heterocycles. The van der Waals surface area contributed by atoms with Gasteiger partial charge in [-0.3, -0.25) is 0 Å². The van der Waals surface area contributed by atoms with E-state index in [1.165, 1.54) is 0 Å². The quantitative estimate of drug-likeness (QED) is 0.417. The predicted molar refractivity (Wildman–Crippen MR) is 2.75 cm³/mol. The summed E-state index contributed by atoms with van der Waals surface area (Å²) in [6.45, 7) is 0. The summed E-state index contributed by atoms with van der Waals surface area (Å²) in [4.78, 5) is 0. The average molecular weight is 312 g/mol. The molecule has 0 aromatic heterocycles. The first-order valence-electron chi connectivity index (χ1n) is 0.816. The molecule has 0 heterocycles. The molecular weight excluding hydrogens is 312 g/mol. The minimum atomic E-state index is -6.18. The van der Waals surface area contributed by atoms with Gasteiger partial charge in [0.25, 0.3) is 0 Å².